The van der Waals surface area contributed by atoms with Gasteiger partial charge in [0, 0.05) is 13.2 Å². The molecular weight excluding hydrogens is 218 g/mol. The Labute approximate surface area is 103 Å². The molecule has 4 nitrogen and oxygen atoms in total. The van der Waals surface area contributed by atoms with E-state index in [0.717, 1.165) is 25.2 Å². The highest BCUT2D eigenvalue weighted by Crippen LogP contribution is 2.61. The molecule has 3 aliphatic rings. The van der Waals surface area contributed by atoms with Crippen molar-refractivity contribution >= 4 is 6.09 Å². The molecule has 1 amide bonds. The first-order valence-corrected chi connectivity index (χ1v) is 6.42. The van der Waals surface area contributed by atoms with Gasteiger partial charge in [0.1, 0.15) is 5.60 Å². The summed E-state index contributed by atoms with van der Waals surface area (Å²) in [4.78, 5) is 11.6. The van der Waals surface area contributed by atoms with Gasteiger partial charge in [0.25, 0.3) is 0 Å². The Morgan fingerprint density at radius 3 is 2.65 bits per heavy atom. The van der Waals surface area contributed by atoms with E-state index in [1.54, 1.807) is 0 Å². The zero-order valence-corrected chi connectivity index (χ0v) is 11.0. The Hall–Kier alpha value is -0.770. The van der Waals surface area contributed by atoms with Crippen molar-refractivity contribution in [1.82, 2.24) is 5.32 Å². The number of hydrogen-bond acceptors (Lipinski definition) is 3. The van der Waals surface area contributed by atoms with Crippen LogP contribution in [-0.4, -0.2) is 30.0 Å². The van der Waals surface area contributed by atoms with Crippen LogP contribution in [0.1, 0.15) is 40.0 Å². The smallest absolute Gasteiger partial charge is 0.407 e. The van der Waals surface area contributed by atoms with Crippen LogP contribution in [0.3, 0.4) is 0 Å². The third-order valence-electron chi connectivity index (χ3n) is 4.08. The molecule has 98 valence electrons. The first kappa shape index (κ1) is 12.7. The van der Waals surface area contributed by atoms with Gasteiger partial charge in [-0.25, -0.2) is 4.79 Å². The Balaban J connectivity index is 1.81. The lowest BCUT2D eigenvalue weighted by Gasteiger charge is -2.41. The molecule has 0 aromatic heterocycles. The number of carbonyl (C=O) groups is 1. The third kappa shape index (κ3) is 2.57. The van der Waals surface area contributed by atoms with E-state index in [4.69, 9.17) is 4.74 Å². The first-order chi connectivity index (χ1) is 7.85. The Morgan fingerprint density at radius 2 is 2.12 bits per heavy atom. The van der Waals surface area contributed by atoms with Gasteiger partial charge in [-0.3, -0.25) is 0 Å². The van der Waals surface area contributed by atoms with Crippen LogP contribution in [0.4, 0.5) is 4.79 Å². The normalized spacial score (nSPS) is 35.3. The Kier molecular flexibility index (Phi) is 3.10. The molecule has 0 heterocycles. The maximum absolute atomic E-state index is 11.6. The van der Waals surface area contributed by atoms with Crippen LogP contribution < -0.4 is 5.32 Å². The monoisotopic (exact) mass is 241 g/mol. The molecule has 4 heteroatoms. The van der Waals surface area contributed by atoms with Gasteiger partial charge < -0.3 is 15.2 Å². The number of carbonyl (C=O) groups excluding carboxylic acids is 1. The fourth-order valence-corrected chi connectivity index (χ4v) is 3.36. The van der Waals surface area contributed by atoms with Crippen molar-refractivity contribution in [3.8, 4) is 0 Å². The van der Waals surface area contributed by atoms with Gasteiger partial charge in [-0.2, -0.15) is 0 Å². The second-order valence-corrected chi connectivity index (χ2v) is 6.61. The fourth-order valence-electron chi connectivity index (χ4n) is 3.36. The van der Waals surface area contributed by atoms with Crippen LogP contribution in [0.5, 0.6) is 0 Å². The topological polar surface area (TPSA) is 58.6 Å². The van der Waals surface area contributed by atoms with Crippen molar-refractivity contribution in [2.75, 3.05) is 13.2 Å². The molecule has 17 heavy (non-hydrogen) atoms. The zero-order chi connectivity index (χ0) is 12.7. The Bertz CT molecular complexity index is 302. The molecular formula is C13H23NO3. The largest absolute Gasteiger partial charge is 0.444 e. The lowest BCUT2D eigenvalue weighted by atomic mass is 9.67. The quantitative estimate of drug-likeness (QED) is 0.793. The van der Waals surface area contributed by atoms with E-state index >= 15 is 0 Å². The molecule has 0 aliphatic heterocycles. The molecule has 3 aliphatic carbocycles. The summed E-state index contributed by atoms with van der Waals surface area (Å²) in [5.41, 5.74) is -0.299. The number of nitrogens with one attached hydrogen (secondary N) is 1. The van der Waals surface area contributed by atoms with Crippen LogP contribution in [0.15, 0.2) is 0 Å². The lowest BCUT2D eigenvalue weighted by molar-refractivity contribution is 0.0369. The van der Waals surface area contributed by atoms with Crippen molar-refractivity contribution < 1.29 is 14.6 Å². The van der Waals surface area contributed by atoms with E-state index in [1.165, 1.54) is 0 Å². The van der Waals surface area contributed by atoms with E-state index in [0.29, 0.717) is 12.5 Å². The maximum atomic E-state index is 11.6. The van der Waals surface area contributed by atoms with Gasteiger partial charge in [-0.1, -0.05) is 0 Å². The average Bonchev–Trinajstić information content (AvgIpc) is 2.64. The number of ether oxygens (including phenoxy) is 1. The number of rotatable bonds is 3. The minimum Gasteiger partial charge on any atom is -0.444 e. The van der Waals surface area contributed by atoms with E-state index in [9.17, 15) is 9.90 Å². The van der Waals surface area contributed by atoms with E-state index in [1.807, 2.05) is 20.8 Å². The van der Waals surface area contributed by atoms with Crippen LogP contribution >= 0.6 is 0 Å². The summed E-state index contributed by atoms with van der Waals surface area (Å²) in [6, 6.07) is 0. The molecule has 0 saturated heterocycles. The number of fused-ring (bicyclic) bond motifs is 1. The molecule has 0 spiro atoms. The predicted octanol–water partition coefficient (Wildman–Crippen LogP) is 1.92. The minimum absolute atomic E-state index is 0.149. The lowest BCUT2D eigenvalue weighted by Crippen LogP contribution is -2.45. The third-order valence-corrected chi connectivity index (χ3v) is 4.08. The molecule has 2 N–H and O–H groups in total. The van der Waals surface area contributed by atoms with E-state index in [-0.39, 0.29) is 18.1 Å². The van der Waals surface area contributed by atoms with Gasteiger partial charge >= 0.3 is 6.09 Å². The van der Waals surface area contributed by atoms with Gasteiger partial charge in [0.05, 0.1) is 0 Å². The number of alkyl carbamates (subject to hydrolysis) is 1. The number of aliphatic hydroxyl groups is 1. The summed E-state index contributed by atoms with van der Waals surface area (Å²) in [5, 5.41) is 12.2. The van der Waals surface area contributed by atoms with E-state index < -0.39 is 5.60 Å². The highest BCUT2D eigenvalue weighted by molar-refractivity contribution is 5.67. The molecule has 0 aromatic carbocycles. The van der Waals surface area contributed by atoms with Crippen molar-refractivity contribution in [1.29, 1.82) is 0 Å². The van der Waals surface area contributed by atoms with Crippen molar-refractivity contribution in [3.63, 3.8) is 0 Å². The predicted molar refractivity (Wildman–Crippen MR) is 64.6 cm³/mol. The van der Waals surface area contributed by atoms with Crippen LogP contribution in [0.25, 0.3) is 0 Å². The van der Waals surface area contributed by atoms with Crippen LogP contribution in [-0.2, 0) is 4.74 Å². The van der Waals surface area contributed by atoms with Crippen LogP contribution in [0.2, 0.25) is 0 Å². The molecule has 0 aromatic rings. The fraction of sp³-hybridized carbons (Fsp3) is 0.923. The minimum atomic E-state index is -0.448. The highest BCUT2D eigenvalue weighted by Gasteiger charge is 2.56. The van der Waals surface area contributed by atoms with Crippen molar-refractivity contribution in [3.05, 3.63) is 0 Å². The summed E-state index contributed by atoms with van der Waals surface area (Å²) in [7, 11) is 0. The average molecular weight is 241 g/mol. The number of hydrogen-bond donors (Lipinski definition) is 2. The SMILES string of the molecule is CC(C)(C)OC(=O)NCC12CC(CC1CO)C2. The number of aliphatic hydroxyl groups excluding tert-OH is 1. The van der Waals surface area contributed by atoms with Gasteiger partial charge in [-0.15, -0.1) is 0 Å². The zero-order valence-electron chi connectivity index (χ0n) is 11.0. The summed E-state index contributed by atoms with van der Waals surface area (Å²) in [6.45, 7) is 6.46. The summed E-state index contributed by atoms with van der Waals surface area (Å²) in [5.74, 6) is 1.13. The van der Waals surface area contributed by atoms with Crippen LogP contribution in [0, 0.1) is 17.3 Å². The summed E-state index contributed by atoms with van der Waals surface area (Å²) in [6.07, 6.45) is 3.06. The molecule has 0 radical (unpaired) electrons. The number of amides is 1. The van der Waals surface area contributed by atoms with Gasteiger partial charge in [-0.05, 0) is 57.3 Å². The van der Waals surface area contributed by atoms with Gasteiger partial charge in [0.15, 0.2) is 0 Å². The second-order valence-electron chi connectivity index (χ2n) is 6.61. The molecule has 3 fully saturated rings. The van der Waals surface area contributed by atoms with Gasteiger partial charge in [0.2, 0.25) is 0 Å². The molecule has 3 rings (SSSR count). The first-order valence-electron chi connectivity index (χ1n) is 6.42. The molecule has 3 saturated carbocycles. The molecule has 2 bridgehead atoms. The van der Waals surface area contributed by atoms with Crippen molar-refractivity contribution in [2.45, 2.75) is 45.6 Å². The molecule has 1 unspecified atom stereocenters. The summed E-state index contributed by atoms with van der Waals surface area (Å²) < 4.78 is 5.22. The highest BCUT2D eigenvalue weighted by atomic mass is 16.6. The maximum Gasteiger partial charge on any atom is 0.407 e. The standard InChI is InChI=1S/C13H23NO3/c1-12(2,3)17-11(16)14-8-13-5-9(6-13)4-10(13)7-15/h9-10,15H,4-8H2,1-3H3,(H,14,16). The molecule has 1 atom stereocenters. The van der Waals surface area contributed by atoms with Crippen molar-refractivity contribution in [2.24, 2.45) is 17.3 Å². The summed E-state index contributed by atoms with van der Waals surface area (Å²) >= 11 is 0. The Morgan fingerprint density at radius 1 is 1.47 bits per heavy atom. The second kappa shape index (κ2) is 4.16. The van der Waals surface area contributed by atoms with E-state index in [2.05, 4.69) is 5.32 Å².